The van der Waals surface area contributed by atoms with Crippen molar-refractivity contribution in [1.82, 2.24) is 0 Å². The van der Waals surface area contributed by atoms with Gasteiger partial charge in [0.2, 0.25) is 5.91 Å². The lowest BCUT2D eigenvalue weighted by Crippen LogP contribution is -2.23. The van der Waals surface area contributed by atoms with Crippen LogP contribution in [0.25, 0.3) is 11.1 Å². The average molecular weight is 385 g/mol. The van der Waals surface area contributed by atoms with Gasteiger partial charge in [-0.1, -0.05) is 30.3 Å². The van der Waals surface area contributed by atoms with Crippen LogP contribution in [0, 0.1) is 11.6 Å². The van der Waals surface area contributed by atoms with Gasteiger partial charge in [-0.3, -0.25) is 4.79 Å². The maximum absolute atomic E-state index is 14.3. The number of halogens is 2. The van der Waals surface area contributed by atoms with Crippen LogP contribution in [0.5, 0.6) is 0 Å². The zero-order valence-electron chi connectivity index (χ0n) is 13.8. The van der Waals surface area contributed by atoms with Crippen molar-refractivity contribution in [2.24, 2.45) is 0 Å². The molecule has 2 heterocycles. The molecular weight excluding hydrogens is 372 g/mol. The molecule has 2 N–H and O–H groups in total. The Hall–Kier alpha value is -3.06. The van der Waals surface area contributed by atoms with Crippen molar-refractivity contribution in [3.63, 3.8) is 0 Å². The Labute approximate surface area is 157 Å². The minimum atomic E-state index is -1.16. The summed E-state index contributed by atoms with van der Waals surface area (Å²) in [7, 11) is 0. The molecule has 1 amide bonds. The van der Waals surface area contributed by atoms with Crippen LogP contribution in [-0.4, -0.2) is 17.0 Å². The van der Waals surface area contributed by atoms with E-state index < -0.39 is 23.5 Å². The second-order valence-electron chi connectivity index (χ2n) is 6.18. The number of benzene rings is 2. The maximum atomic E-state index is 14.3. The van der Waals surface area contributed by atoms with E-state index in [0.29, 0.717) is 27.3 Å². The van der Waals surface area contributed by atoms with E-state index in [1.54, 1.807) is 18.2 Å². The van der Waals surface area contributed by atoms with Gasteiger partial charge in [0.15, 0.2) is 0 Å². The van der Waals surface area contributed by atoms with Crippen molar-refractivity contribution >= 4 is 28.9 Å². The van der Waals surface area contributed by atoms with E-state index in [2.05, 4.69) is 5.32 Å². The minimum Gasteiger partial charge on any atom is -0.477 e. The molecule has 3 aromatic rings. The van der Waals surface area contributed by atoms with E-state index in [4.69, 9.17) is 0 Å². The van der Waals surface area contributed by atoms with Gasteiger partial charge in [0.1, 0.15) is 16.5 Å². The van der Waals surface area contributed by atoms with Crippen LogP contribution >= 0.6 is 11.3 Å². The minimum absolute atomic E-state index is 0.0233. The highest BCUT2D eigenvalue weighted by atomic mass is 32.1. The van der Waals surface area contributed by atoms with Crippen LogP contribution in [-0.2, 0) is 4.79 Å². The summed E-state index contributed by atoms with van der Waals surface area (Å²) in [5.74, 6) is -2.96. The second-order valence-corrected chi connectivity index (χ2v) is 7.24. The van der Waals surface area contributed by atoms with Crippen LogP contribution < -0.4 is 5.32 Å². The molecule has 1 aromatic heterocycles. The molecule has 2 aromatic carbocycles. The highest BCUT2D eigenvalue weighted by molar-refractivity contribution is 7.15. The normalized spacial score (nSPS) is 15.9. The predicted octanol–water partition coefficient (Wildman–Crippen LogP) is 4.87. The van der Waals surface area contributed by atoms with E-state index in [1.807, 2.05) is 0 Å². The summed E-state index contributed by atoms with van der Waals surface area (Å²) in [6.45, 7) is 0. The van der Waals surface area contributed by atoms with E-state index in [0.717, 1.165) is 11.3 Å². The quantitative estimate of drug-likeness (QED) is 0.676. The summed E-state index contributed by atoms with van der Waals surface area (Å²) in [4.78, 5) is 24.7. The van der Waals surface area contributed by atoms with E-state index >= 15 is 0 Å². The molecular formula is C20H13F2NO3S. The molecule has 27 heavy (non-hydrogen) atoms. The molecule has 0 aliphatic carbocycles. The molecule has 0 fully saturated rings. The van der Waals surface area contributed by atoms with Crippen molar-refractivity contribution in [3.05, 3.63) is 75.5 Å². The highest BCUT2D eigenvalue weighted by Gasteiger charge is 2.35. The number of fused-ring (bicyclic) bond motifs is 1. The summed E-state index contributed by atoms with van der Waals surface area (Å²) in [6.07, 6.45) is 0.0242. The number of carbonyl (C=O) groups is 2. The smallest absolute Gasteiger partial charge is 0.346 e. The third-order valence-corrected chi connectivity index (χ3v) is 5.81. The van der Waals surface area contributed by atoms with Crippen LogP contribution in [0.3, 0.4) is 0 Å². The Morgan fingerprint density at radius 3 is 2.48 bits per heavy atom. The first kappa shape index (κ1) is 17.4. The number of hydrogen-bond acceptors (Lipinski definition) is 3. The van der Waals surface area contributed by atoms with Crippen molar-refractivity contribution in [3.8, 4) is 11.1 Å². The Bertz CT molecular complexity index is 1060. The van der Waals surface area contributed by atoms with Gasteiger partial charge in [-0.2, -0.15) is 0 Å². The monoisotopic (exact) mass is 385 g/mol. The van der Waals surface area contributed by atoms with Crippen molar-refractivity contribution < 1.29 is 23.5 Å². The molecule has 136 valence electrons. The SMILES string of the molecule is O=C1C[C@H](c2ccccc2F)c2sc(C(=O)O)c(-c3ccc(F)cc3)c2N1. The number of anilines is 1. The Morgan fingerprint density at radius 2 is 1.81 bits per heavy atom. The van der Waals surface area contributed by atoms with Gasteiger partial charge in [-0.25, -0.2) is 13.6 Å². The predicted molar refractivity (Wildman–Crippen MR) is 98.2 cm³/mol. The first-order chi connectivity index (χ1) is 13.0. The summed E-state index contributed by atoms with van der Waals surface area (Å²) in [5, 5.41) is 12.4. The van der Waals surface area contributed by atoms with Gasteiger partial charge < -0.3 is 10.4 Å². The summed E-state index contributed by atoms with van der Waals surface area (Å²) >= 11 is 1.01. The Morgan fingerprint density at radius 1 is 1.11 bits per heavy atom. The van der Waals surface area contributed by atoms with Gasteiger partial charge in [0.05, 0.1) is 5.69 Å². The van der Waals surface area contributed by atoms with Crippen LogP contribution in [0.2, 0.25) is 0 Å². The van der Waals surface area contributed by atoms with Crippen molar-refractivity contribution in [2.75, 3.05) is 5.32 Å². The molecule has 1 aliphatic heterocycles. The molecule has 0 unspecified atom stereocenters. The second kappa shape index (κ2) is 6.59. The van der Waals surface area contributed by atoms with E-state index in [1.165, 1.54) is 30.3 Å². The molecule has 0 spiro atoms. The van der Waals surface area contributed by atoms with Crippen LogP contribution in [0.15, 0.2) is 48.5 Å². The number of nitrogens with one attached hydrogen (secondary N) is 1. The number of hydrogen-bond donors (Lipinski definition) is 2. The lowest BCUT2D eigenvalue weighted by Gasteiger charge is -2.24. The fourth-order valence-electron chi connectivity index (χ4n) is 3.34. The van der Waals surface area contributed by atoms with Gasteiger partial charge in [0.25, 0.3) is 0 Å². The standard InChI is InChI=1S/C20H13F2NO3S/c21-11-7-5-10(6-8-11)16-17-18(27-19(16)20(25)26)13(9-15(24)23-17)12-3-1-2-4-14(12)22/h1-8,13H,9H2,(H,23,24)(H,25,26)/t13-/m1/s1. The Kier molecular flexibility index (Phi) is 4.24. The molecule has 7 heteroatoms. The summed E-state index contributed by atoms with van der Waals surface area (Å²) in [5.41, 5.74) is 1.49. The first-order valence-electron chi connectivity index (χ1n) is 8.16. The van der Waals surface area contributed by atoms with Gasteiger partial charge in [-0.15, -0.1) is 11.3 Å². The fraction of sp³-hybridized carbons (Fsp3) is 0.100. The molecule has 1 atom stereocenters. The summed E-state index contributed by atoms with van der Waals surface area (Å²) < 4.78 is 27.6. The Balaban J connectivity index is 1.95. The third-order valence-electron chi connectivity index (χ3n) is 4.51. The van der Waals surface area contributed by atoms with E-state index in [9.17, 15) is 23.5 Å². The number of carboxylic acids is 1. The number of carbonyl (C=O) groups excluding carboxylic acids is 1. The van der Waals surface area contributed by atoms with Gasteiger partial charge >= 0.3 is 5.97 Å². The van der Waals surface area contributed by atoms with Crippen LogP contribution in [0.4, 0.5) is 14.5 Å². The number of rotatable bonds is 3. The zero-order chi connectivity index (χ0) is 19.1. The van der Waals surface area contributed by atoms with Crippen LogP contribution in [0.1, 0.15) is 32.5 Å². The summed E-state index contributed by atoms with van der Waals surface area (Å²) in [6, 6.07) is 11.5. The highest BCUT2D eigenvalue weighted by Crippen LogP contribution is 2.49. The number of aromatic carboxylic acids is 1. The number of carboxylic acid groups (broad SMARTS) is 1. The van der Waals surface area contributed by atoms with E-state index in [-0.39, 0.29) is 17.2 Å². The van der Waals surface area contributed by atoms with Crippen molar-refractivity contribution in [2.45, 2.75) is 12.3 Å². The van der Waals surface area contributed by atoms with Gasteiger partial charge in [0, 0.05) is 22.8 Å². The van der Waals surface area contributed by atoms with Crippen molar-refractivity contribution in [1.29, 1.82) is 0 Å². The molecule has 0 radical (unpaired) electrons. The molecule has 1 aliphatic rings. The zero-order valence-corrected chi connectivity index (χ0v) is 14.6. The molecule has 4 rings (SSSR count). The number of amides is 1. The average Bonchev–Trinajstić information content (AvgIpc) is 3.02. The lowest BCUT2D eigenvalue weighted by atomic mass is 9.88. The molecule has 0 saturated heterocycles. The third kappa shape index (κ3) is 3.00. The largest absolute Gasteiger partial charge is 0.477 e. The molecule has 0 bridgehead atoms. The maximum Gasteiger partial charge on any atom is 0.346 e. The topological polar surface area (TPSA) is 66.4 Å². The number of thiophene rings is 1. The molecule has 4 nitrogen and oxygen atoms in total. The fourth-order valence-corrected chi connectivity index (χ4v) is 4.58. The first-order valence-corrected chi connectivity index (χ1v) is 8.97. The molecule has 0 saturated carbocycles. The lowest BCUT2D eigenvalue weighted by molar-refractivity contribution is -0.116. The van der Waals surface area contributed by atoms with Gasteiger partial charge in [-0.05, 0) is 29.3 Å².